The van der Waals surface area contributed by atoms with Crippen LogP contribution in [0, 0.1) is 6.92 Å². The maximum Gasteiger partial charge on any atom is 0.242 e. The van der Waals surface area contributed by atoms with E-state index in [1.165, 1.54) is 16.7 Å². The van der Waals surface area contributed by atoms with Crippen molar-refractivity contribution in [1.29, 1.82) is 0 Å². The van der Waals surface area contributed by atoms with Crippen molar-refractivity contribution >= 4 is 17.3 Å². The normalized spacial score (nSPS) is 19.2. The van der Waals surface area contributed by atoms with Gasteiger partial charge in [0.1, 0.15) is 6.04 Å². The molecule has 1 heterocycles. The number of amides is 1. The maximum atomic E-state index is 13.0. The van der Waals surface area contributed by atoms with Gasteiger partial charge in [0.15, 0.2) is 0 Å². The van der Waals surface area contributed by atoms with Crippen LogP contribution in [0.25, 0.3) is 0 Å². The van der Waals surface area contributed by atoms with Crippen molar-refractivity contribution in [2.45, 2.75) is 32.7 Å². The molecule has 0 fully saturated rings. The van der Waals surface area contributed by atoms with Crippen molar-refractivity contribution in [2.24, 2.45) is 0 Å². The minimum atomic E-state index is -0.190. The largest absolute Gasteiger partial charge is 0.378 e. The van der Waals surface area contributed by atoms with Crippen molar-refractivity contribution in [3.8, 4) is 0 Å². The van der Waals surface area contributed by atoms with Crippen LogP contribution < -0.4 is 10.2 Å². The molecule has 0 aliphatic carbocycles. The van der Waals surface area contributed by atoms with Gasteiger partial charge in [0.2, 0.25) is 5.91 Å². The van der Waals surface area contributed by atoms with Gasteiger partial charge in [-0.3, -0.25) is 9.69 Å². The molecule has 4 heteroatoms. The van der Waals surface area contributed by atoms with E-state index in [0.29, 0.717) is 0 Å². The highest BCUT2D eigenvalue weighted by atomic mass is 16.2. The van der Waals surface area contributed by atoms with Crippen molar-refractivity contribution in [3.63, 3.8) is 0 Å². The van der Waals surface area contributed by atoms with Crippen molar-refractivity contribution in [2.75, 3.05) is 37.4 Å². The van der Waals surface area contributed by atoms with E-state index in [2.05, 4.69) is 72.3 Å². The fourth-order valence-corrected chi connectivity index (χ4v) is 3.92. The summed E-state index contributed by atoms with van der Waals surface area (Å²) in [5.74, 6) is 0.126. The third kappa shape index (κ3) is 3.34. The number of nitrogens with one attached hydrogen (secondary N) is 1. The Hall–Kier alpha value is -2.33. The Bertz CT molecular complexity index is 778. The Labute approximate surface area is 156 Å². The van der Waals surface area contributed by atoms with Crippen LogP contribution in [0.15, 0.2) is 42.5 Å². The number of carbonyl (C=O) groups excluding carboxylic acids is 1. The molecule has 0 bridgehead atoms. The third-order valence-corrected chi connectivity index (χ3v) is 5.36. The number of nitrogens with zero attached hydrogens (tertiary/aromatic N) is 2. The molecule has 2 aromatic carbocycles. The smallest absolute Gasteiger partial charge is 0.242 e. The Balaban J connectivity index is 2.14. The van der Waals surface area contributed by atoms with Gasteiger partial charge in [0.25, 0.3) is 0 Å². The number of hydrogen-bond acceptors (Lipinski definition) is 3. The molecule has 0 aromatic heterocycles. The number of fused-ring (bicyclic) bond motifs is 1. The summed E-state index contributed by atoms with van der Waals surface area (Å²) in [6, 6.07) is 14.7. The molecule has 1 aliphatic heterocycles. The quantitative estimate of drug-likeness (QED) is 0.889. The summed E-state index contributed by atoms with van der Waals surface area (Å²) in [6.45, 7) is 8.04. The first-order chi connectivity index (χ1) is 12.5. The summed E-state index contributed by atoms with van der Waals surface area (Å²) in [6.07, 6.45) is 0. The van der Waals surface area contributed by atoms with E-state index < -0.39 is 0 Å². The van der Waals surface area contributed by atoms with Crippen LogP contribution in [-0.4, -0.2) is 44.0 Å². The van der Waals surface area contributed by atoms with Gasteiger partial charge in [0, 0.05) is 31.4 Å². The molecule has 1 aliphatic rings. The first kappa shape index (κ1) is 18.5. The van der Waals surface area contributed by atoms with Gasteiger partial charge in [-0.15, -0.1) is 0 Å². The molecule has 2 aromatic rings. The first-order valence-corrected chi connectivity index (χ1v) is 9.39. The van der Waals surface area contributed by atoms with Gasteiger partial charge in [-0.25, -0.2) is 0 Å². The molecule has 1 amide bonds. The zero-order valence-corrected chi connectivity index (χ0v) is 16.4. The summed E-state index contributed by atoms with van der Waals surface area (Å²) in [5.41, 5.74) is 5.71. The summed E-state index contributed by atoms with van der Waals surface area (Å²) >= 11 is 0. The molecular weight excluding hydrogens is 322 g/mol. The topological polar surface area (TPSA) is 35.6 Å². The Kier molecular flexibility index (Phi) is 5.33. The molecule has 2 unspecified atom stereocenters. The number of likely N-dealkylation sites (N-methyl/N-ethyl adjacent to an activating group) is 1. The highest BCUT2D eigenvalue weighted by Gasteiger charge is 2.39. The van der Waals surface area contributed by atoms with Crippen molar-refractivity contribution in [1.82, 2.24) is 4.90 Å². The molecule has 0 saturated heterocycles. The van der Waals surface area contributed by atoms with Gasteiger partial charge in [-0.1, -0.05) is 43.7 Å². The van der Waals surface area contributed by atoms with Gasteiger partial charge in [0.05, 0.1) is 0 Å². The zero-order valence-electron chi connectivity index (χ0n) is 16.4. The maximum absolute atomic E-state index is 13.0. The van der Waals surface area contributed by atoms with E-state index >= 15 is 0 Å². The van der Waals surface area contributed by atoms with Crippen molar-refractivity contribution in [3.05, 3.63) is 59.2 Å². The van der Waals surface area contributed by atoms with E-state index in [4.69, 9.17) is 0 Å². The van der Waals surface area contributed by atoms with Gasteiger partial charge >= 0.3 is 0 Å². The second-order valence-corrected chi connectivity index (χ2v) is 7.21. The molecule has 0 saturated carbocycles. The lowest BCUT2D eigenvalue weighted by Gasteiger charge is -2.39. The Morgan fingerprint density at radius 2 is 1.65 bits per heavy atom. The van der Waals surface area contributed by atoms with E-state index in [9.17, 15) is 4.79 Å². The van der Waals surface area contributed by atoms with E-state index in [1.54, 1.807) is 0 Å². The number of anilines is 2. The SMILES string of the molecule is CCN(CC)C1C(=O)Nc2ccc(C)cc2C1c1ccc(N(C)C)cc1. The molecule has 4 nitrogen and oxygen atoms in total. The van der Waals surface area contributed by atoms with Crippen LogP contribution in [0.4, 0.5) is 11.4 Å². The number of rotatable bonds is 5. The average molecular weight is 351 g/mol. The van der Waals surface area contributed by atoms with Crippen LogP contribution in [0.1, 0.15) is 36.5 Å². The van der Waals surface area contributed by atoms with E-state index in [-0.39, 0.29) is 17.9 Å². The fraction of sp³-hybridized carbons (Fsp3) is 0.409. The highest BCUT2D eigenvalue weighted by Crippen LogP contribution is 2.40. The fourth-order valence-electron chi connectivity index (χ4n) is 3.92. The molecule has 1 N–H and O–H groups in total. The van der Waals surface area contributed by atoms with Crippen molar-refractivity contribution < 1.29 is 4.79 Å². The lowest BCUT2D eigenvalue weighted by Crippen LogP contribution is -2.50. The lowest BCUT2D eigenvalue weighted by molar-refractivity contribution is -0.122. The standard InChI is InChI=1S/C22H29N3O/c1-6-25(7-2)21-20(16-9-11-17(12-10-16)24(4)5)18-14-15(3)8-13-19(18)23-22(21)26/h8-14,20-21H,6-7H2,1-5H3,(H,23,26). The molecule has 2 atom stereocenters. The van der Waals surface area contributed by atoms with Gasteiger partial charge in [-0.2, -0.15) is 0 Å². The van der Waals surface area contributed by atoms with Crippen LogP contribution >= 0.6 is 0 Å². The first-order valence-electron chi connectivity index (χ1n) is 9.39. The minimum Gasteiger partial charge on any atom is -0.378 e. The van der Waals surface area contributed by atoms with Crippen LogP contribution in [-0.2, 0) is 4.79 Å². The number of benzene rings is 2. The van der Waals surface area contributed by atoms with E-state index in [1.807, 2.05) is 20.2 Å². The average Bonchev–Trinajstić information content (AvgIpc) is 2.63. The van der Waals surface area contributed by atoms with Crippen LogP contribution in [0.5, 0.6) is 0 Å². The summed E-state index contributed by atoms with van der Waals surface area (Å²) in [4.78, 5) is 17.3. The predicted molar refractivity (Wildman–Crippen MR) is 109 cm³/mol. The zero-order chi connectivity index (χ0) is 18.8. The predicted octanol–water partition coefficient (Wildman–Crippen LogP) is 3.86. The number of hydrogen-bond donors (Lipinski definition) is 1. The Morgan fingerprint density at radius 1 is 1.00 bits per heavy atom. The number of aryl methyl sites for hydroxylation is 1. The summed E-state index contributed by atoms with van der Waals surface area (Å²) in [5, 5.41) is 3.13. The molecule has 0 radical (unpaired) electrons. The molecule has 26 heavy (non-hydrogen) atoms. The third-order valence-electron chi connectivity index (χ3n) is 5.36. The molecule has 0 spiro atoms. The van der Waals surface area contributed by atoms with Gasteiger partial charge < -0.3 is 10.2 Å². The Morgan fingerprint density at radius 3 is 2.23 bits per heavy atom. The molecule has 3 rings (SSSR count). The molecule has 138 valence electrons. The van der Waals surface area contributed by atoms with Gasteiger partial charge in [-0.05, 0) is 49.3 Å². The highest BCUT2D eigenvalue weighted by molar-refractivity contribution is 5.99. The monoisotopic (exact) mass is 351 g/mol. The van der Waals surface area contributed by atoms with Crippen LogP contribution in [0.3, 0.4) is 0 Å². The second kappa shape index (κ2) is 7.50. The number of carbonyl (C=O) groups is 1. The minimum absolute atomic E-state index is 0.0368. The molecular formula is C22H29N3O. The second-order valence-electron chi connectivity index (χ2n) is 7.21. The lowest BCUT2D eigenvalue weighted by atomic mass is 9.79. The summed E-state index contributed by atoms with van der Waals surface area (Å²) in [7, 11) is 4.08. The van der Waals surface area contributed by atoms with E-state index in [0.717, 1.165) is 24.5 Å². The van der Waals surface area contributed by atoms with Crippen LogP contribution in [0.2, 0.25) is 0 Å². The summed E-state index contributed by atoms with van der Waals surface area (Å²) < 4.78 is 0.